The van der Waals surface area contributed by atoms with E-state index in [1.807, 2.05) is 0 Å². The number of rotatable bonds is 7. The molecule has 0 saturated carbocycles. The van der Waals surface area contributed by atoms with E-state index in [-0.39, 0.29) is 42.8 Å². The number of hydrogen-bond acceptors (Lipinski definition) is 7. The molecule has 2 aromatic carbocycles. The number of carboxylic acids is 1. The van der Waals surface area contributed by atoms with Crippen LogP contribution in [0.3, 0.4) is 0 Å². The van der Waals surface area contributed by atoms with Gasteiger partial charge >= 0.3 is 20.2 Å². The predicted octanol–water partition coefficient (Wildman–Crippen LogP) is -1.64. The zero-order valence-electron chi connectivity index (χ0n) is 17.6. The molecule has 0 aliphatic carbocycles. The molecule has 2 amide bonds. The summed E-state index contributed by atoms with van der Waals surface area (Å²) in [6, 6.07) is 5.23. The third-order valence-electron chi connectivity index (χ3n) is 5.58. The van der Waals surface area contributed by atoms with Crippen LogP contribution in [0.25, 0.3) is 0 Å². The average molecular weight is 474 g/mol. The van der Waals surface area contributed by atoms with E-state index in [9.17, 15) is 33.2 Å². The zero-order valence-corrected chi connectivity index (χ0v) is 17.6. The molecule has 176 valence electrons. The zero-order chi connectivity index (χ0) is 24.6. The number of nitrogens with zero attached hydrogens (tertiary/aromatic N) is 1. The Bertz CT molecular complexity index is 1180. The minimum atomic E-state index is -1.54. The van der Waals surface area contributed by atoms with Gasteiger partial charge in [-0.2, -0.15) is 0 Å². The monoisotopic (exact) mass is 474 g/mol. The standard InChI is InChI=1S/C20H18B2F2N2O8/c23-17-12(3-1-10-8-33-21(31)15(10)17)19(29)25-5-6-26(7-14(27)28)20(30)13-4-2-11-9-34-22(32)16(11)18(13)24/h1-4,31-32H,5-9H2,(H,25,29)(H,27,28). The van der Waals surface area contributed by atoms with E-state index in [2.05, 4.69) is 5.32 Å². The first-order chi connectivity index (χ1) is 16.2. The molecular weight excluding hydrogens is 456 g/mol. The maximum Gasteiger partial charge on any atom is 0.494 e. The third kappa shape index (κ3) is 4.40. The van der Waals surface area contributed by atoms with Gasteiger partial charge in [0.1, 0.15) is 18.2 Å². The molecule has 0 saturated heterocycles. The summed E-state index contributed by atoms with van der Waals surface area (Å²) >= 11 is 0. The first kappa shape index (κ1) is 23.8. The van der Waals surface area contributed by atoms with Crippen molar-refractivity contribution in [2.24, 2.45) is 0 Å². The van der Waals surface area contributed by atoms with E-state index in [1.165, 1.54) is 24.3 Å². The number of amides is 2. The van der Waals surface area contributed by atoms with Crippen molar-refractivity contribution in [2.75, 3.05) is 19.6 Å². The second-order valence-electron chi connectivity index (χ2n) is 7.70. The number of benzene rings is 2. The van der Waals surface area contributed by atoms with Crippen LogP contribution in [0.15, 0.2) is 24.3 Å². The van der Waals surface area contributed by atoms with Crippen LogP contribution < -0.4 is 16.2 Å². The lowest BCUT2D eigenvalue weighted by Gasteiger charge is -2.22. The van der Waals surface area contributed by atoms with Crippen LogP contribution in [0, 0.1) is 11.6 Å². The SMILES string of the molecule is O=C(O)CN(CCNC(=O)c1ccc2c(c1F)B(O)OC2)C(=O)c1ccc2c(c1F)B(O)OC2. The van der Waals surface area contributed by atoms with Gasteiger partial charge in [0.25, 0.3) is 11.8 Å². The molecule has 4 rings (SSSR count). The van der Waals surface area contributed by atoms with Gasteiger partial charge in [0.05, 0.1) is 24.3 Å². The lowest BCUT2D eigenvalue weighted by Crippen LogP contribution is -2.43. The molecular formula is C20H18B2F2N2O8. The number of carbonyl (C=O) groups is 3. The number of fused-ring (bicyclic) bond motifs is 2. The molecule has 0 atom stereocenters. The average Bonchev–Trinajstić information content (AvgIpc) is 3.36. The van der Waals surface area contributed by atoms with Crippen molar-refractivity contribution >= 4 is 42.9 Å². The minimum absolute atomic E-state index is 0.00395. The Morgan fingerprint density at radius 3 is 2.03 bits per heavy atom. The molecule has 0 spiro atoms. The predicted molar refractivity (Wildman–Crippen MR) is 113 cm³/mol. The van der Waals surface area contributed by atoms with Crippen LogP contribution in [-0.2, 0) is 27.3 Å². The topological polar surface area (TPSA) is 146 Å². The van der Waals surface area contributed by atoms with Gasteiger partial charge in [0.2, 0.25) is 0 Å². The fourth-order valence-electron chi connectivity index (χ4n) is 3.88. The van der Waals surface area contributed by atoms with Crippen molar-refractivity contribution < 1.29 is 47.6 Å². The molecule has 0 bridgehead atoms. The Labute approximate surface area is 192 Å². The van der Waals surface area contributed by atoms with Gasteiger partial charge < -0.3 is 34.7 Å². The van der Waals surface area contributed by atoms with Crippen molar-refractivity contribution in [3.8, 4) is 0 Å². The maximum absolute atomic E-state index is 14.9. The Balaban J connectivity index is 1.47. The Hall–Kier alpha value is -3.32. The summed E-state index contributed by atoms with van der Waals surface area (Å²) in [5, 5.41) is 31.0. The third-order valence-corrected chi connectivity index (χ3v) is 5.58. The molecule has 0 radical (unpaired) electrons. The molecule has 2 heterocycles. The van der Waals surface area contributed by atoms with E-state index in [1.54, 1.807) is 0 Å². The molecule has 34 heavy (non-hydrogen) atoms. The summed E-state index contributed by atoms with van der Waals surface area (Å²) in [7, 11) is -3.03. The van der Waals surface area contributed by atoms with E-state index < -0.39 is 55.8 Å². The van der Waals surface area contributed by atoms with Crippen molar-refractivity contribution in [1.29, 1.82) is 0 Å². The molecule has 14 heteroatoms. The van der Waals surface area contributed by atoms with Crippen molar-refractivity contribution in [1.82, 2.24) is 10.2 Å². The fraction of sp³-hybridized carbons (Fsp3) is 0.250. The molecule has 2 aromatic rings. The van der Waals surface area contributed by atoms with Crippen molar-refractivity contribution in [2.45, 2.75) is 13.2 Å². The Kier molecular flexibility index (Phi) is 6.66. The number of carboxylic acid groups (broad SMARTS) is 1. The van der Waals surface area contributed by atoms with Gasteiger partial charge in [-0.05, 0) is 23.3 Å². The second kappa shape index (κ2) is 9.50. The van der Waals surface area contributed by atoms with Crippen LogP contribution in [0.5, 0.6) is 0 Å². The van der Waals surface area contributed by atoms with Gasteiger partial charge in [0, 0.05) is 24.0 Å². The summed E-state index contributed by atoms with van der Waals surface area (Å²) in [5.41, 5.74) is -0.369. The number of carbonyl (C=O) groups excluding carboxylic acids is 2. The quantitative estimate of drug-likeness (QED) is 0.350. The highest BCUT2D eigenvalue weighted by Gasteiger charge is 2.35. The van der Waals surface area contributed by atoms with Crippen molar-refractivity contribution in [3.05, 3.63) is 58.2 Å². The highest BCUT2D eigenvalue weighted by molar-refractivity contribution is 6.62. The summed E-state index contributed by atoms with van der Waals surface area (Å²) < 4.78 is 39.4. The molecule has 10 nitrogen and oxygen atoms in total. The number of hydrogen-bond donors (Lipinski definition) is 4. The Morgan fingerprint density at radius 2 is 1.47 bits per heavy atom. The van der Waals surface area contributed by atoms with E-state index in [0.717, 1.165) is 4.90 Å². The smallest absolute Gasteiger partial charge is 0.480 e. The van der Waals surface area contributed by atoms with Crippen LogP contribution in [-0.4, -0.2) is 71.7 Å². The maximum atomic E-state index is 14.9. The van der Waals surface area contributed by atoms with E-state index in [0.29, 0.717) is 11.1 Å². The van der Waals surface area contributed by atoms with E-state index in [4.69, 9.17) is 14.4 Å². The largest absolute Gasteiger partial charge is 0.494 e. The molecule has 2 aliphatic rings. The van der Waals surface area contributed by atoms with Gasteiger partial charge in [-0.15, -0.1) is 0 Å². The Morgan fingerprint density at radius 1 is 0.941 bits per heavy atom. The lowest BCUT2D eigenvalue weighted by atomic mass is 9.78. The summed E-state index contributed by atoms with van der Waals surface area (Å²) in [4.78, 5) is 37.3. The summed E-state index contributed by atoms with van der Waals surface area (Å²) in [6.07, 6.45) is 0. The lowest BCUT2D eigenvalue weighted by molar-refractivity contribution is -0.137. The molecule has 0 aromatic heterocycles. The fourth-order valence-corrected chi connectivity index (χ4v) is 3.88. The van der Waals surface area contributed by atoms with Gasteiger partial charge in [-0.3, -0.25) is 14.4 Å². The molecule has 2 aliphatic heterocycles. The van der Waals surface area contributed by atoms with Crippen LogP contribution in [0.1, 0.15) is 31.8 Å². The van der Waals surface area contributed by atoms with Crippen molar-refractivity contribution in [3.63, 3.8) is 0 Å². The highest BCUT2D eigenvalue weighted by Crippen LogP contribution is 2.18. The van der Waals surface area contributed by atoms with Gasteiger partial charge in [-0.1, -0.05) is 12.1 Å². The van der Waals surface area contributed by atoms with Crippen LogP contribution >= 0.6 is 0 Å². The van der Waals surface area contributed by atoms with Gasteiger partial charge in [-0.25, -0.2) is 8.78 Å². The summed E-state index contributed by atoms with van der Waals surface area (Å²) in [5.74, 6) is -5.17. The van der Waals surface area contributed by atoms with Crippen LogP contribution in [0.4, 0.5) is 8.78 Å². The van der Waals surface area contributed by atoms with Gasteiger partial charge in [0.15, 0.2) is 0 Å². The minimum Gasteiger partial charge on any atom is -0.480 e. The number of aliphatic carboxylic acids is 1. The van der Waals surface area contributed by atoms with E-state index >= 15 is 0 Å². The molecule has 0 fully saturated rings. The molecule has 4 N–H and O–H groups in total. The van der Waals surface area contributed by atoms with Crippen LogP contribution in [0.2, 0.25) is 0 Å². The first-order valence-corrected chi connectivity index (χ1v) is 10.2. The summed E-state index contributed by atoms with van der Waals surface area (Å²) in [6.45, 7) is -1.42. The second-order valence-corrected chi connectivity index (χ2v) is 7.70. The number of halogens is 2. The first-order valence-electron chi connectivity index (χ1n) is 10.2. The highest BCUT2D eigenvalue weighted by atomic mass is 19.1. The number of nitrogens with one attached hydrogen (secondary N) is 1. The normalized spacial score (nSPS) is 14.1. The molecule has 0 unspecified atom stereocenters.